The minimum Gasteiger partial charge on any atom is -0.337 e. The van der Waals surface area contributed by atoms with Crippen LogP contribution < -0.4 is 24.2 Å². The second-order valence-electron chi connectivity index (χ2n) is 6.27. The standard InChI is InChI=1S/C19H16N3OS2/c1-20-9-5-6-12-11-22-16(10-14(12)20)25-17(18(22)23)19-21(2)13-7-3-4-8-15(13)24-19/h3-10H,11H2,1-2H3/q+1/b19-17-. The molecule has 0 N–H and O–H groups in total. The first kappa shape index (κ1) is 15.0. The molecular formula is C19H16N3OS2+. The number of anilines is 1. The number of nitrogens with zero attached hydrogens (tertiary/aromatic N) is 3. The molecule has 2 aromatic heterocycles. The van der Waals surface area contributed by atoms with Crippen LogP contribution in [0.4, 0.5) is 5.69 Å². The fourth-order valence-corrected chi connectivity index (χ4v) is 5.80. The third-order valence-electron chi connectivity index (χ3n) is 4.75. The number of aromatic nitrogens is 2. The highest BCUT2D eigenvalue weighted by molar-refractivity contribution is 8.08. The van der Waals surface area contributed by atoms with Gasteiger partial charge in [0.1, 0.15) is 21.3 Å². The Bertz CT molecular complexity index is 1210. The third kappa shape index (κ3) is 2.14. The average Bonchev–Trinajstić information content (AvgIpc) is 3.12. The van der Waals surface area contributed by atoms with Crippen LogP contribution in [0.3, 0.4) is 0 Å². The number of thiazole rings is 1. The van der Waals surface area contributed by atoms with E-state index in [-0.39, 0.29) is 5.56 Å². The van der Waals surface area contributed by atoms with E-state index in [9.17, 15) is 4.79 Å². The van der Waals surface area contributed by atoms with Crippen LogP contribution in [0.5, 0.6) is 0 Å². The molecule has 0 saturated heterocycles. The molecule has 4 nitrogen and oxygen atoms in total. The van der Waals surface area contributed by atoms with E-state index >= 15 is 0 Å². The molecule has 0 atom stereocenters. The van der Waals surface area contributed by atoms with Crippen molar-refractivity contribution < 1.29 is 4.57 Å². The Morgan fingerprint density at radius 3 is 2.84 bits per heavy atom. The van der Waals surface area contributed by atoms with Gasteiger partial charge in [-0.1, -0.05) is 23.9 Å². The summed E-state index contributed by atoms with van der Waals surface area (Å²) >= 11 is 3.27. The first-order valence-corrected chi connectivity index (χ1v) is 9.70. The van der Waals surface area contributed by atoms with Gasteiger partial charge in [0, 0.05) is 29.6 Å². The number of hydrogen-bond acceptors (Lipinski definition) is 4. The predicted molar refractivity (Wildman–Crippen MR) is 102 cm³/mol. The number of pyridine rings is 1. The lowest BCUT2D eigenvalue weighted by Crippen LogP contribution is -2.40. The Balaban J connectivity index is 1.76. The lowest BCUT2D eigenvalue weighted by atomic mass is 10.1. The molecule has 6 heteroatoms. The Morgan fingerprint density at radius 2 is 2.00 bits per heavy atom. The van der Waals surface area contributed by atoms with Crippen molar-refractivity contribution in [2.45, 2.75) is 11.4 Å². The summed E-state index contributed by atoms with van der Waals surface area (Å²) in [6.07, 6.45) is 4.17. The lowest BCUT2D eigenvalue weighted by Gasteiger charge is -2.11. The molecule has 4 heterocycles. The summed E-state index contributed by atoms with van der Waals surface area (Å²) in [6.45, 7) is 0.639. The molecule has 0 radical (unpaired) electrons. The van der Waals surface area contributed by atoms with E-state index < -0.39 is 0 Å². The Kier molecular flexibility index (Phi) is 3.20. The van der Waals surface area contributed by atoms with Crippen molar-refractivity contribution in [3.63, 3.8) is 0 Å². The van der Waals surface area contributed by atoms with Crippen molar-refractivity contribution in [2.24, 2.45) is 7.05 Å². The van der Waals surface area contributed by atoms with Crippen molar-refractivity contribution in [2.75, 3.05) is 11.9 Å². The van der Waals surface area contributed by atoms with E-state index in [4.69, 9.17) is 0 Å². The van der Waals surface area contributed by atoms with Crippen molar-refractivity contribution >= 4 is 39.9 Å². The van der Waals surface area contributed by atoms with E-state index in [0.717, 1.165) is 19.9 Å². The number of para-hydroxylation sites is 1. The molecule has 2 aliphatic heterocycles. The summed E-state index contributed by atoms with van der Waals surface area (Å²) < 4.78 is 5.85. The summed E-state index contributed by atoms with van der Waals surface area (Å²) in [4.78, 5) is 16.4. The van der Waals surface area contributed by atoms with Crippen LogP contribution >= 0.6 is 23.1 Å². The minimum atomic E-state index is 0.107. The molecule has 0 unspecified atom stereocenters. The zero-order chi connectivity index (χ0) is 17.1. The first-order valence-electron chi connectivity index (χ1n) is 8.07. The van der Waals surface area contributed by atoms with Gasteiger partial charge >= 0.3 is 0 Å². The van der Waals surface area contributed by atoms with Crippen LogP contribution in [0.2, 0.25) is 0 Å². The molecule has 0 bridgehead atoms. The highest BCUT2D eigenvalue weighted by atomic mass is 32.2. The van der Waals surface area contributed by atoms with Crippen LogP contribution in [0, 0.1) is 0 Å². The largest absolute Gasteiger partial charge is 0.337 e. The monoisotopic (exact) mass is 366 g/mol. The number of fused-ring (bicyclic) bond motifs is 3. The first-order chi connectivity index (χ1) is 12.1. The second kappa shape index (κ2) is 5.34. The maximum atomic E-state index is 13.1. The summed E-state index contributed by atoms with van der Waals surface area (Å²) in [5.41, 5.74) is 3.63. The molecule has 0 amide bonds. The highest BCUT2D eigenvalue weighted by Gasteiger charge is 2.25. The van der Waals surface area contributed by atoms with E-state index in [1.807, 2.05) is 43.1 Å². The van der Waals surface area contributed by atoms with Gasteiger partial charge in [-0.25, -0.2) is 4.57 Å². The van der Waals surface area contributed by atoms with Gasteiger partial charge in [0.2, 0.25) is 5.69 Å². The lowest BCUT2D eigenvalue weighted by molar-refractivity contribution is -0.673. The maximum Gasteiger partial charge on any atom is 0.272 e. The van der Waals surface area contributed by atoms with Crippen molar-refractivity contribution in [3.8, 4) is 0 Å². The third-order valence-corrected chi connectivity index (χ3v) is 7.23. The van der Waals surface area contributed by atoms with Gasteiger partial charge in [-0.3, -0.25) is 9.36 Å². The van der Waals surface area contributed by atoms with Gasteiger partial charge in [0.15, 0.2) is 6.20 Å². The van der Waals surface area contributed by atoms with E-state index in [1.54, 1.807) is 23.1 Å². The molecule has 124 valence electrons. The molecule has 0 aliphatic carbocycles. The SMILES string of the molecule is CN1/C(=c2/sc3n(c2=O)Cc2ccc[n+](C)c2C=3)Sc2ccccc21. The van der Waals surface area contributed by atoms with Crippen LogP contribution in [0.1, 0.15) is 11.3 Å². The second-order valence-corrected chi connectivity index (χ2v) is 8.33. The molecular weight excluding hydrogens is 350 g/mol. The number of aryl methyl sites for hydroxylation is 1. The van der Waals surface area contributed by atoms with Crippen LogP contribution in [-0.4, -0.2) is 11.6 Å². The number of rotatable bonds is 0. The molecule has 3 aromatic rings. The van der Waals surface area contributed by atoms with E-state index in [0.29, 0.717) is 6.54 Å². The fraction of sp³-hybridized carbons (Fsp3) is 0.158. The van der Waals surface area contributed by atoms with Gasteiger partial charge in [0.25, 0.3) is 5.56 Å². The Labute approximate surface area is 153 Å². The average molecular weight is 366 g/mol. The zero-order valence-electron chi connectivity index (χ0n) is 13.9. The number of benzene rings is 1. The smallest absolute Gasteiger partial charge is 0.272 e. The summed E-state index contributed by atoms with van der Waals surface area (Å²) in [6, 6.07) is 12.4. The molecule has 0 spiro atoms. The summed E-state index contributed by atoms with van der Waals surface area (Å²) in [7, 11) is 4.08. The van der Waals surface area contributed by atoms with Crippen LogP contribution in [0.15, 0.2) is 52.3 Å². The normalized spacial score (nSPS) is 17.0. The minimum absolute atomic E-state index is 0.107. The molecule has 0 fully saturated rings. The summed E-state index contributed by atoms with van der Waals surface area (Å²) in [5, 5.41) is 1.03. The number of hydrogen-bond donors (Lipinski definition) is 0. The van der Waals surface area contributed by atoms with Gasteiger partial charge in [-0.2, -0.15) is 0 Å². The van der Waals surface area contributed by atoms with Gasteiger partial charge in [-0.15, -0.1) is 11.3 Å². The van der Waals surface area contributed by atoms with Gasteiger partial charge < -0.3 is 4.90 Å². The quantitative estimate of drug-likeness (QED) is 0.439. The molecule has 1 aromatic carbocycles. The fourth-order valence-electron chi connectivity index (χ4n) is 3.42. The predicted octanol–water partition coefficient (Wildman–Crippen LogP) is 1.23. The Morgan fingerprint density at radius 1 is 1.16 bits per heavy atom. The number of thioether (sulfide) groups is 1. The molecule has 2 aliphatic rings. The van der Waals surface area contributed by atoms with Gasteiger partial charge in [0.05, 0.1) is 12.2 Å². The highest BCUT2D eigenvalue weighted by Crippen LogP contribution is 2.44. The van der Waals surface area contributed by atoms with E-state index in [1.165, 1.54) is 16.2 Å². The molecule has 5 rings (SSSR count). The van der Waals surface area contributed by atoms with Crippen molar-refractivity contribution in [3.05, 3.63) is 73.4 Å². The molecule has 0 saturated carbocycles. The molecule has 25 heavy (non-hydrogen) atoms. The van der Waals surface area contributed by atoms with Crippen LogP contribution in [-0.2, 0) is 13.6 Å². The maximum absolute atomic E-state index is 13.1. The summed E-state index contributed by atoms with van der Waals surface area (Å²) in [5.74, 6) is 0. The van der Waals surface area contributed by atoms with Crippen molar-refractivity contribution in [1.82, 2.24) is 4.57 Å². The Hall–Kier alpha value is -2.31. The zero-order valence-corrected chi connectivity index (χ0v) is 15.5. The van der Waals surface area contributed by atoms with Gasteiger partial charge in [-0.05, 0) is 18.2 Å². The topological polar surface area (TPSA) is 29.1 Å². The van der Waals surface area contributed by atoms with E-state index in [2.05, 4.69) is 33.7 Å². The van der Waals surface area contributed by atoms with Crippen LogP contribution in [0.25, 0.3) is 11.1 Å². The van der Waals surface area contributed by atoms with Crippen molar-refractivity contribution in [1.29, 1.82) is 0 Å².